The van der Waals surface area contributed by atoms with Crippen molar-refractivity contribution >= 4 is 22.4 Å². The Morgan fingerprint density at radius 3 is 2.40 bits per heavy atom. The molecule has 0 radical (unpaired) electrons. The maximum atomic E-state index is 12.1. The number of nitro benzene ring substituents is 1. The number of benzene rings is 3. The van der Waals surface area contributed by atoms with E-state index in [1.165, 1.54) is 6.07 Å². The number of carbonyl (C=O) groups is 1. The summed E-state index contributed by atoms with van der Waals surface area (Å²) in [5.74, 6) is 0.525. The van der Waals surface area contributed by atoms with Crippen LogP contribution in [-0.2, 0) is 11.2 Å². The van der Waals surface area contributed by atoms with Gasteiger partial charge in [-0.05, 0) is 35.0 Å². The molecule has 0 aliphatic heterocycles. The summed E-state index contributed by atoms with van der Waals surface area (Å²) in [4.78, 5) is 22.6. The average Bonchev–Trinajstić information content (AvgIpc) is 2.61. The van der Waals surface area contributed by atoms with Gasteiger partial charge in [0.2, 0.25) is 0 Å². The molecule has 0 saturated carbocycles. The fourth-order valence-corrected chi connectivity index (χ4v) is 2.55. The highest BCUT2D eigenvalue weighted by Gasteiger charge is 2.16. The molecule has 3 aromatic carbocycles. The standard InChI is InChI=1S/C19H15NO5/c1-24-16-8-6-13-7-9-17(11-15(13)10-16)25-19(21)12-14-4-2-3-5-18(14)20(22)23/h2-11H,12H2,1H3. The maximum absolute atomic E-state index is 12.1. The first-order valence-electron chi connectivity index (χ1n) is 7.57. The SMILES string of the molecule is COc1ccc2ccc(OC(=O)Cc3ccccc3[N+](=O)[O-])cc2c1. The molecular formula is C19H15NO5. The van der Waals surface area contributed by atoms with Crippen molar-refractivity contribution in [3.8, 4) is 11.5 Å². The lowest BCUT2D eigenvalue weighted by Crippen LogP contribution is -2.12. The molecule has 0 saturated heterocycles. The highest BCUT2D eigenvalue weighted by molar-refractivity contribution is 5.86. The van der Waals surface area contributed by atoms with E-state index in [1.54, 1.807) is 37.4 Å². The lowest BCUT2D eigenvalue weighted by atomic mass is 10.1. The number of methoxy groups -OCH3 is 1. The Labute approximate surface area is 143 Å². The van der Waals surface area contributed by atoms with Crippen LogP contribution in [0, 0.1) is 10.1 Å². The summed E-state index contributed by atoms with van der Waals surface area (Å²) in [6.45, 7) is 0. The van der Waals surface area contributed by atoms with E-state index >= 15 is 0 Å². The maximum Gasteiger partial charge on any atom is 0.315 e. The fourth-order valence-electron chi connectivity index (χ4n) is 2.55. The Hall–Kier alpha value is -3.41. The van der Waals surface area contributed by atoms with Crippen molar-refractivity contribution < 1.29 is 19.2 Å². The van der Waals surface area contributed by atoms with Crippen LogP contribution < -0.4 is 9.47 Å². The second kappa shape index (κ2) is 7.00. The minimum atomic E-state index is -0.559. The molecule has 0 aliphatic rings. The molecule has 0 atom stereocenters. The number of para-hydroxylation sites is 1. The van der Waals surface area contributed by atoms with E-state index in [-0.39, 0.29) is 12.1 Å². The third-order valence-electron chi connectivity index (χ3n) is 3.77. The number of hydrogen-bond donors (Lipinski definition) is 0. The van der Waals surface area contributed by atoms with Crippen molar-refractivity contribution in [2.75, 3.05) is 7.11 Å². The average molecular weight is 337 g/mol. The van der Waals surface area contributed by atoms with Crippen molar-refractivity contribution in [2.24, 2.45) is 0 Å². The number of nitro groups is 1. The number of ether oxygens (including phenoxy) is 2. The number of nitrogens with zero attached hydrogens (tertiary/aromatic N) is 1. The van der Waals surface area contributed by atoms with E-state index in [9.17, 15) is 14.9 Å². The van der Waals surface area contributed by atoms with Gasteiger partial charge in [0.1, 0.15) is 11.5 Å². The Balaban J connectivity index is 1.79. The number of rotatable bonds is 5. The molecule has 0 fully saturated rings. The molecule has 0 N–H and O–H groups in total. The summed E-state index contributed by atoms with van der Waals surface area (Å²) in [5, 5.41) is 12.9. The predicted molar refractivity (Wildman–Crippen MR) is 92.9 cm³/mol. The first-order chi connectivity index (χ1) is 12.1. The van der Waals surface area contributed by atoms with E-state index in [2.05, 4.69) is 0 Å². The molecule has 25 heavy (non-hydrogen) atoms. The molecule has 3 rings (SSSR count). The van der Waals surface area contributed by atoms with Gasteiger partial charge in [0.25, 0.3) is 5.69 Å². The Bertz CT molecular complexity index is 951. The summed E-state index contributed by atoms with van der Waals surface area (Å²) in [5.41, 5.74) is 0.225. The van der Waals surface area contributed by atoms with Crippen LogP contribution in [0.1, 0.15) is 5.56 Å². The van der Waals surface area contributed by atoms with E-state index in [0.717, 1.165) is 10.8 Å². The van der Waals surface area contributed by atoms with Crippen LogP contribution in [0.5, 0.6) is 11.5 Å². The zero-order valence-corrected chi connectivity index (χ0v) is 13.5. The third kappa shape index (κ3) is 3.74. The van der Waals surface area contributed by atoms with Gasteiger partial charge in [-0.2, -0.15) is 0 Å². The van der Waals surface area contributed by atoms with Gasteiger partial charge in [-0.15, -0.1) is 0 Å². The van der Waals surface area contributed by atoms with E-state index in [4.69, 9.17) is 9.47 Å². The number of esters is 1. The van der Waals surface area contributed by atoms with Crippen molar-refractivity contribution in [3.05, 3.63) is 76.3 Å². The van der Waals surface area contributed by atoms with Gasteiger partial charge in [0.05, 0.1) is 18.5 Å². The quantitative estimate of drug-likeness (QED) is 0.305. The Kier molecular flexibility index (Phi) is 4.61. The first-order valence-corrected chi connectivity index (χ1v) is 7.57. The second-order valence-electron chi connectivity index (χ2n) is 5.41. The fraction of sp³-hybridized carbons (Fsp3) is 0.105. The summed E-state index contributed by atoms with van der Waals surface area (Å²) in [7, 11) is 1.58. The van der Waals surface area contributed by atoms with E-state index < -0.39 is 10.9 Å². The van der Waals surface area contributed by atoms with Crippen LogP contribution in [0.25, 0.3) is 10.8 Å². The van der Waals surface area contributed by atoms with Gasteiger partial charge >= 0.3 is 5.97 Å². The highest BCUT2D eigenvalue weighted by Crippen LogP contribution is 2.25. The monoisotopic (exact) mass is 337 g/mol. The van der Waals surface area contributed by atoms with Crippen LogP contribution in [0.15, 0.2) is 60.7 Å². The van der Waals surface area contributed by atoms with Crippen molar-refractivity contribution in [1.82, 2.24) is 0 Å². The molecule has 0 spiro atoms. The molecule has 0 heterocycles. The van der Waals surface area contributed by atoms with Gasteiger partial charge in [-0.1, -0.05) is 30.3 Å². The van der Waals surface area contributed by atoms with E-state index in [0.29, 0.717) is 17.1 Å². The molecule has 0 amide bonds. The van der Waals surface area contributed by atoms with Gasteiger partial charge < -0.3 is 9.47 Å². The summed E-state index contributed by atoms with van der Waals surface area (Å²) >= 11 is 0. The molecule has 0 aromatic heterocycles. The summed E-state index contributed by atoms with van der Waals surface area (Å²) in [6.07, 6.45) is -0.173. The molecule has 0 unspecified atom stereocenters. The highest BCUT2D eigenvalue weighted by atomic mass is 16.6. The predicted octanol–water partition coefficient (Wildman–Crippen LogP) is 3.90. The third-order valence-corrected chi connectivity index (χ3v) is 3.77. The Morgan fingerprint density at radius 2 is 1.68 bits per heavy atom. The van der Waals surface area contributed by atoms with Crippen LogP contribution in [0.4, 0.5) is 5.69 Å². The molecule has 126 valence electrons. The number of hydrogen-bond acceptors (Lipinski definition) is 5. The Morgan fingerprint density at radius 1 is 1.00 bits per heavy atom. The van der Waals surface area contributed by atoms with Gasteiger partial charge in [-0.25, -0.2) is 0 Å². The summed E-state index contributed by atoms with van der Waals surface area (Å²) in [6, 6.07) is 17.0. The minimum Gasteiger partial charge on any atom is -0.497 e. The largest absolute Gasteiger partial charge is 0.497 e. The molecule has 0 aliphatic carbocycles. The van der Waals surface area contributed by atoms with E-state index in [1.807, 2.05) is 24.3 Å². The zero-order valence-electron chi connectivity index (χ0n) is 13.5. The number of fused-ring (bicyclic) bond motifs is 1. The van der Waals surface area contributed by atoms with Crippen LogP contribution in [0.3, 0.4) is 0 Å². The van der Waals surface area contributed by atoms with Crippen molar-refractivity contribution in [3.63, 3.8) is 0 Å². The van der Waals surface area contributed by atoms with Crippen molar-refractivity contribution in [1.29, 1.82) is 0 Å². The first kappa shape index (κ1) is 16.4. The van der Waals surface area contributed by atoms with Gasteiger partial charge in [0.15, 0.2) is 0 Å². The normalized spacial score (nSPS) is 10.4. The van der Waals surface area contributed by atoms with Gasteiger partial charge in [0, 0.05) is 11.6 Å². The molecule has 6 nitrogen and oxygen atoms in total. The van der Waals surface area contributed by atoms with Crippen LogP contribution in [0.2, 0.25) is 0 Å². The smallest absolute Gasteiger partial charge is 0.315 e. The zero-order chi connectivity index (χ0) is 17.8. The molecule has 3 aromatic rings. The molecule has 0 bridgehead atoms. The van der Waals surface area contributed by atoms with Crippen LogP contribution >= 0.6 is 0 Å². The number of carbonyl (C=O) groups excluding carboxylic acids is 1. The molecule has 6 heteroatoms. The lowest BCUT2D eigenvalue weighted by Gasteiger charge is -2.07. The second-order valence-corrected chi connectivity index (χ2v) is 5.41. The lowest BCUT2D eigenvalue weighted by molar-refractivity contribution is -0.385. The van der Waals surface area contributed by atoms with Crippen molar-refractivity contribution in [2.45, 2.75) is 6.42 Å². The molecular weight excluding hydrogens is 322 g/mol. The minimum absolute atomic E-state index is 0.0947. The topological polar surface area (TPSA) is 78.7 Å². The van der Waals surface area contributed by atoms with Gasteiger partial charge in [-0.3, -0.25) is 14.9 Å². The summed E-state index contributed by atoms with van der Waals surface area (Å²) < 4.78 is 10.5. The van der Waals surface area contributed by atoms with Crippen LogP contribution in [-0.4, -0.2) is 18.0 Å².